The molecule has 3 aromatic rings. The lowest BCUT2D eigenvalue weighted by Gasteiger charge is -2.34. The molecule has 0 radical (unpaired) electrons. The highest BCUT2D eigenvalue weighted by molar-refractivity contribution is 7.92. The molecule has 0 saturated heterocycles. The lowest BCUT2D eigenvalue weighted by Crippen LogP contribution is -2.54. The molecular formula is C31H36FN3O5S. The van der Waals surface area contributed by atoms with Crippen molar-refractivity contribution in [3.63, 3.8) is 0 Å². The van der Waals surface area contributed by atoms with Crippen LogP contribution in [0.15, 0.2) is 78.9 Å². The third-order valence-corrected chi connectivity index (χ3v) is 7.90. The van der Waals surface area contributed by atoms with E-state index in [1.807, 2.05) is 44.2 Å². The van der Waals surface area contributed by atoms with Crippen LogP contribution >= 0.6 is 0 Å². The number of benzene rings is 3. The van der Waals surface area contributed by atoms with Crippen molar-refractivity contribution < 1.29 is 27.2 Å². The largest absolute Gasteiger partial charge is 0.352 e. The van der Waals surface area contributed by atoms with Crippen molar-refractivity contribution in [1.29, 1.82) is 0 Å². The molecule has 0 spiro atoms. The smallest absolute Gasteiger partial charge is 0.244 e. The van der Waals surface area contributed by atoms with Crippen molar-refractivity contribution in [2.24, 2.45) is 0 Å². The number of sulfonamides is 1. The summed E-state index contributed by atoms with van der Waals surface area (Å²) in [6, 6.07) is 19.6. The van der Waals surface area contributed by atoms with Gasteiger partial charge in [-0.1, -0.05) is 61.5 Å². The Labute approximate surface area is 241 Å². The van der Waals surface area contributed by atoms with Gasteiger partial charge in [-0.05, 0) is 55.7 Å². The molecule has 2 unspecified atom stereocenters. The van der Waals surface area contributed by atoms with Gasteiger partial charge in [-0.3, -0.25) is 18.7 Å². The molecule has 41 heavy (non-hydrogen) atoms. The second-order valence-corrected chi connectivity index (χ2v) is 12.0. The minimum atomic E-state index is -3.97. The van der Waals surface area contributed by atoms with E-state index >= 15 is 0 Å². The molecule has 8 nitrogen and oxygen atoms in total. The van der Waals surface area contributed by atoms with Gasteiger partial charge >= 0.3 is 0 Å². The topological polar surface area (TPSA) is 104 Å². The lowest BCUT2D eigenvalue weighted by atomic mass is 10.0. The molecule has 1 N–H and O–H groups in total. The van der Waals surface area contributed by atoms with Crippen LogP contribution in [0.5, 0.6) is 0 Å². The third kappa shape index (κ3) is 8.97. The number of hydrogen-bond donors (Lipinski definition) is 1. The minimum absolute atomic E-state index is 0.0599. The zero-order chi connectivity index (χ0) is 30.2. The van der Waals surface area contributed by atoms with E-state index in [1.165, 1.54) is 48.2 Å². The van der Waals surface area contributed by atoms with Gasteiger partial charge < -0.3 is 10.2 Å². The highest BCUT2D eigenvalue weighted by Crippen LogP contribution is 2.22. The first-order chi connectivity index (χ1) is 19.4. The van der Waals surface area contributed by atoms with Gasteiger partial charge in [-0.15, -0.1) is 0 Å². The first-order valence-corrected chi connectivity index (χ1v) is 15.2. The van der Waals surface area contributed by atoms with Crippen LogP contribution in [-0.2, 0) is 32.6 Å². The van der Waals surface area contributed by atoms with E-state index in [0.29, 0.717) is 17.5 Å². The molecule has 2 amide bonds. The number of carbonyl (C=O) groups is 3. The predicted molar refractivity (Wildman–Crippen MR) is 157 cm³/mol. The molecule has 0 bridgehead atoms. The van der Waals surface area contributed by atoms with Crippen LogP contribution in [0.4, 0.5) is 10.1 Å². The van der Waals surface area contributed by atoms with Gasteiger partial charge in [0.05, 0.1) is 11.9 Å². The number of ketones is 1. The zero-order valence-electron chi connectivity index (χ0n) is 23.7. The summed E-state index contributed by atoms with van der Waals surface area (Å²) in [6.07, 6.45) is 1.82. The fourth-order valence-electron chi connectivity index (χ4n) is 4.28. The monoisotopic (exact) mass is 581 g/mol. The molecule has 0 saturated carbocycles. The van der Waals surface area contributed by atoms with Crippen molar-refractivity contribution in [3.05, 3.63) is 101 Å². The average Bonchev–Trinajstić information content (AvgIpc) is 2.94. The fraction of sp³-hybridized carbons (Fsp3) is 0.323. The Balaban J connectivity index is 2.07. The molecule has 2 atom stereocenters. The fourth-order valence-corrected chi connectivity index (χ4v) is 5.12. The van der Waals surface area contributed by atoms with Gasteiger partial charge in [0.25, 0.3) is 0 Å². The first kappa shape index (κ1) is 31.5. The van der Waals surface area contributed by atoms with E-state index in [-0.39, 0.29) is 36.4 Å². The SMILES string of the molecule is CCC(C)NC(=O)C(Cc1ccccc1)N(Cc1ccc(F)cc1)C(=O)CN(c1cccc(C(C)=O)c1)S(C)(=O)=O. The molecule has 3 aromatic carbocycles. The number of Topliss-reactive ketones (excluding diaryl/α,β-unsaturated/α-hetero) is 1. The maximum absolute atomic E-state index is 14.1. The maximum atomic E-state index is 14.1. The molecule has 0 aliphatic carbocycles. The minimum Gasteiger partial charge on any atom is -0.352 e. The van der Waals surface area contributed by atoms with Gasteiger partial charge in [-0.25, -0.2) is 12.8 Å². The van der Waals surface area contributed by atoms with Crippen molar-refractivity contribution in [2.75, 3.05) is 17.1 Å². The molecule has 3 rings (SSSR count). The number of halogens is 1. The molecule has 0 aliphatic heterocycles. The molecule has 218 valence electrons. The molecule has 0 aliphatic rings. The third-order valence-electron chi connectivity index (χ3n) is 6.76. The Morgan fingerprint density at radius 3 is 2.17 bits per heavy atom. The van der Waals surface area contributed by atoms with E-state index in [2.05, 4.69) is 5.32 Å². The summed E-state index contributed by atoms with van der Waals surface area (Å²) in [5, 5.41) is 2.95. The first-order valence-electron chi connectivity index (χ1n) is 13.4. The lowest BCUT2D eigenvalue weighted by molar-refractivity contribution is -0.140. The number of carbonyl (C=O) groups excluding carboxylic acids is 3. The van der Waals surface area contributed by atoms with Crippen molar-refractivity contribution in [1.82, 2.24) is 10.2 Å². The standard InChI is InChI=1S/C31H36FN3O5S/c1-5-22(2)33-31(38)29(18-24-10-7-6-8-11-24)34(20-25-14-16-27(32)17-15-25)30(37)21-35(41(4,39)40)28-13-9-12-26(19-28)23(3)36/h6-17,19,22,29H,5,18,20-21H2,1-4H3,(H,33,38). The second-order valence-electron chi connectivity index (χ2n) is 10.0. The van der Waals surface area contributed by atoms with Crippen LogP contribution in [0, 0.1) is 5.82 Å². The zero-order valence-corrected chi connectivity index (χ0v) is 24.5. The van der Waals surface area contributed by atoms with E-state index < -0.39 is 34.3 Å². The Kier molecular flexibility index (Phi) is 10.8. The second kappa shape index (κ2) is 14.0. The van der Waals surface area contributed by atoms with E-state index in [4.69, 9.17) is 0 Å². The average molecular weight is 582 g/mol. The number of nitrogens with one attached hydrogen (secondary N) is 1. The van der Waals surface area contributed by atoms with Crippen LogP contribution in [0.1, 0.15) is 48.7 Å². The van der Waals surface area contributed by atoms with Gasteiger partial charge in [-0.2, -0.15) is 0 Å². The normalized spacial score (nSPS) is 12.7. The summed E-state index contributed by atoms with van der Waals surface area (Å²) >= 11 is 0. The summed E-state index contributed by atoms with van der Waals surface area (Å²) in [6.45, 7) is 4.48. The van der Waals surface area contributed by atoms with E-state index in [9.17, 15) is 27.2 Å². The molecule has 0 fully saturated rings. The van der Waals surface area contributed by atoms with Crippen molar-refractivity contribution in [2.45, 2.75) is 52.2 Å². The Morgan fingerprint density at radius 1 is 0.927 bits per heavy atom. The van der Waals surface area contributed by atoms with Gasteiger partial charge in [0, 0.05) is 24.6 Å². The van der Waals surface area contributed by atoms with E-state index in [1.54, 1.807) is 12.1 Å². The van der Waals surface area contributed by atoms with Gasteiger partial charge in [0.1, 0.15) is 18.4 Å². The number of nitrogens with zero attached hydrogens (tertiary/aromatic N) is 2. The van der Waals surface area contributed by atoms with Crippen LogP contribution in [0.2, 0.25) is 0 Å². The van der Waals surface area contributed by atoms with Gasteiger partial charge in [0.15, 0.2) is 5.78 Å². The molecule has 0 aromatic heterocycles. The Bertz CT molecular complexity index is 1460. The van der Waals surface area contributed by atoms with Crippen molar-refractivity contribution in [3.8, 4) is 0 Å². The Hall–Kier alpha value is -4.05. The van der Waals surface area contributed by atoms with Crippen LogP contribution in [0.3, 0.4) is 0 Å². The maximum Gasteiger partial charge on any atom is 0.244 e. The molecular weight excluding hydrogens is 545 g/mol. The number of anilines is 1. The number of amides is 2. The molecule has 0 heterocycles. The van der Waals surface area contributed by atoms with Crippen LogP contribution in [-0.4, -0.2) is 55.8 Å². The molecule has 10 heteroatoms. The quantitative estimate of drug-likeness (QED) is 0.303. The van der Waals surface area contributed by atoms with Crippen LogP contribution < -0.4 is 9.62 Å². The number of hydrogen-bond acceptors (Lipinski definition) is 5. The van der Waals surface area contributed by atoms with Crippen LogP contribution in [0.25, 0.3) is 0 Å². The highest BCUT2D eigenvalue weighted by atomic mass is 32.2. The summed E-state index contributed by atoms with van der Waals surface area (Å²) in [5.74, 6) is -1.72. The summed E-state index contributed by atoms with van der Waals surface area (Å²) < 4.78 is 40.4. The summed E-state index contributed by atoms with van der Waals surface area (Å²) in [4.78, 5) is 41.0. The number of rotatable bonds is 13. The Morgan fingerprint density at radius 2 is 1.59 bits per heavy atom. The predicted octanol–water partition coefficient (Wildman–Crippen LogP) is 4.35. The van der Waals surface area contributed by atoms with E-state index in [0.717, 1.165) is 16.1 Å². The summed E-state index contributed by atoms with van der Waals surface area (Å²) in [7, 11) is -3.97. The summed E-state index contributed by atoms with van der Waals surface area (Å²) in [5.41, 5.74) is 1.82. The van der Waals surface area contributed by atoms with Gasteiger partial charge in [0.2, 0.25) is 21.8 Å². The van der Waals surface area contributed by atoms with Crippen molar-refractivity contribution >= 4 is 33.3 Å². The highest BCUT2D eigenvalue weighted by Gasteiger charge is 2.33.